The van der Waals surface area contributed by atoms with E-state index in [2.05, 4.69) is 23.4 Å². The van der Waals surface area contributed by atoms with Crippen LogP contribution in [0.15, 0.2) is 6.20 Å². The summed E-state index contributed by atoms with van der Waals surface area (Å²) in [4.78, 5) is 12.2. The van der Waals surface area contributed by atoms with Crippen LogP contribution in [0, 0.1) is 5.92 Å². The van der Waals surface area contributed by atoms with E-state index in [9.17, 15) is 4.79 Å². The summed E-state index contributed by atoms with van der Waals surface area (Å²) in [5.74, 6) is 0.649. The topological polar surface area (TPSA) is 42.9 Å². The van der Waals surface area contributed by atoms with Gasteiger partial charge in [0.15, 0.2) is 5.78 Å². The van der Waals surface area contributed by atoms with Gasteiger partial charge in [0.25, 0.3) is 0 Å². The lowest BCUT2D eigenvalue weighted by atomic mass is 9.99. The number of hydrogen-bond donors (Lipinski definition) is 0. The van der Waals surface area contributed by atoms with Gasteiger partial charge in [-0.15, -0.1) is 5.10 Å². The smallest absolute Gasteiger partial charge is 0.176 e. The monoisotopic (exact) mass is 198 g/mol. The fraction of sp³-hybridized carbons (Fsp3) is 0.667. The molecule has 1 unspecified atom stereocenters. The van der Waals surface area contributed by atoms with Crippen LogP contribution in [0.2, 0.25) is 0 Å². The molecule has 3 nitrogen and oxygen atoms in total. The van der Waals surface area contributed by atoms with Gasteiger partial charge in [-0.1, -0.05) is 31.2 Å². The lowest BCUT2D eigenvalue weighted by Gasteiger charge is -2.06. The van der Waals surface area contributed by atoms with Gasteiger partial charge in [-0.2, -0.15) is 0 Å². The Morgan fingerprint density at radius 2 is 2.46 bits per heavy atom. The van der Waals surface area contributed by atoms with E-state index < -0.39 is 0 Å². The summed E-state index contributed by atoms with van der Waals surface area (Å²) >= 11 is 1.18. The third-order valence-corrected chi connectivity index (χ3v) is 2.66. The lowest BCUT2D eigenvalue weighted by Crippen LogP contribution is -2.04. The van der Waals surface area contributed by atoms with E-state index in [0.29, 0.717) is 17.2 Å². The van der Waals surface area contributed by atoms with Crippen molar-refractivity contribution in [2.75, 3.05) is 0 Å². The lowest BCUT2D eigenvalue weighted by molar-refractivity contribution is 0.0966. The van der Waals surface area contributed by atoms with E-state index in [1.54, 1.807) is 6.20 Å². The molecule has 0 aliphatic heterocycles. The summed E-state index contributed by atoms with van der Waals surface area (Å²) in [5.41, 5.74) is 0. The highest BCUT2D eigenvalue weighted by Gasteiger charge is 2.12. The van der Waals surface area contributed by atoms with Gasteiger partial charge in [0.05, 0.1) is 6.20 Å². The predicted octanol–water partition coefficient (Wildman–Crippen LogP) is 2.55. The number of Topliss-reactive ketones (excluding diaryl/α,β-unsaturated/α-hetero) is 1. The molecule has 1 heterocycles. The van der Waals surface area contributed by atoms with Crippen molar-refractivity contribution in [2.45, 2.75) is 33.1 Å². The standard InChI is InChI=1S/C9H14N2OS/c1-3-4-7(2)5-8(12)9-6-10-11-13-9/h6-7H,3-5H2,1-2H3. The average molecular weight is 198 g/mol. The van der Waals surface area contributed by atoms with E-state index >= 15 is 0 Å². The second-order valence-electron chi connectivity index (χ2n) is 3.30. The second-order valence-corrected chi connectivity index (χ2v) is 4.09. The Balaban J connectivity index is 2.42. The van der Waals surface area contributed by atoms with Crippen LogP contribution in [0.25, 0.3) is 0 Å². The largest absolute Gasteiger partial charge is 0.293 e. The van der Waals surface area contributed by atoms with E-state index in [1.807, 2.05) is 0 Å². The van der Waals surface area contributed by atoms with E-state index in [1.165, 1.54) is 11.5 Å². The molecule has 1 aromatic heterocycles. The van der Waals surface area contributed by atoms with E-state index in [-0.39, 0.29) is 5.78 Å². The number of aromatic nitrogens is 2. The molecule has 0 aromatic carbocycles. The molecule has 1 rings (SSSR count). The maximum Gasteiger partial charge on any atom is 0.176 e. The number of carbonyl (C=O) groups is 1. The molecule has 0 saturated heterocycles. The van der Waals surface area contributed by atoms with Gasteiger partial charge in [0.2, 0.25) is 0 Å². The Labute approximate surface area is 82.3 Å². The van der Waals surface area contributed by atoms with Gasteiger partial charge >= 0.3 is 0 Å². The Kier molecular flexibility index (Phi) is 4.02. The van der Waals surface area contributed by atoms with Crippen molar-refractivity contribution in [3.05, 3.63) is 11.1 Å². The maximum absolute atomic E-state index is 11.5. The fourth-order valence-corrected chi connectivity index (χ4v) is 1.76. The molecule has 1 atom stereocenters. The normalized spacial score (nSPS) is 12.8. The molecule has 0 bridgehead atoms. The summed E-state index contributed by atoms with van der Waals surface area (Å²) in [6.45, 7) is 4.24. The van der Waals surface area contributed by atoms with Crippen molar-refractivity contribution in [3.63, 3.8) is 0 Å². The van der Waals surface area contributed by atoms with Crippen molar-refractivity contribution in [1.29, 1.82) is 0 Å². The highest BCUT2D eigenvalue weighted by Crippen LogP contribution is 2.15. The van der Waals surface area contributed by atoms with Crippen LogP contribution in [0.4, 0.5) is 0 Å². The van der Waals surface area contributed by atoms with Crippen LogP contribution < -0.4 is 0 Å². The SMILES string of the molecule is CCCC(C)CC(=O)c1cnns1. The minimum Gasteiger partial charge on any atom is -0.293 e. The van der Waals surface area contributed by atoms with Crippen LogP contribution in [-0.2, 0) is 0 Å². The summed E-state index contributed by atoms with van der Waals surface area (Å²) in [7, 11) is 0. The molecular weight excluding hydrogens is 184 g/mol. The molecule has 0 fully saturated rings. The molecule has 1 aromatic rings. The molecular formula is C9H14N2OS. The summed E-state index contributed by atoms with van der Waals surface area (Å²) in [5, 5.41) is 3.64. The van der Waals surface area contributed by atoms with Crippen molar-refractivity contribution in [1.82, 2.24) is 9.59 Å². The molecule has 4 heteroatoms. The van der Waals surface area contributed by atoms with Crippen LogP contribution in [0.3, 0.4) is 0 Å². The number of ketones is 1. The summed E-state index contributed by atoms with van der Waals surface area (Å²) in [6.07, 6.45) is 4.41. The summed E-state index contributed by atoms with van der Waals surface area (Å²) in [6, 6.07) is 0. The Morgan fingerprint density at radius 3 is 3.00 bits per heavy atom. The summed E-state index contributed by atoms with van der Waals surface area (Å²) < 4.78 is 3.67. The zero-order valence-corrected chi connectivity index (χ0v) is 8.80. The average Bonchev–Trinajstić information content (AvgIpc) is 2.55. The number of hydrogen-bond acceptors (Lipinski definition) is 4. The molecule has 0 saturated carbocycles. The maximum atomic E-state index is 11.5. The number of nitrogens with zero attached hydrogens (tertiary/aromatic N) is 2. The predicted molar refractivity (Wildman–Crippen MR) is 52.9 cm³/mol. The van der Waals surface area contributed by atoms with Crippen LogP contribution in [0.5, 0.6) is 0 Å². The van der Waals surface area contributed by atoms with Gasteiger partial charge in [-0.05, 0) is 17.5 Å². The van der Waals surface area contributed by atoms with Crippen LogP contribution >= 0.6 is 11.5 Å². The van der Waals surface area contributed by atoms with Crippen molar-refractivity contribution >= 4 is 17.3 Å². The number of carbonyl (C=O) groups excluding carboxylic acids is 1. The minimum absolute atomic E-state index is 0.177. The highest BCUT2D eigenvalue weighted by molar-refractivity contribution is 7.07. The Morgan fingerprint density at radius 1 is 1.69 bits per heavy atom. The third-order valence-electron chi connectivity index (χ3n) is 1.95. The molecule has 0 amide bonds. The Bertz CT molecular complexity index is 259. The first-order chi connectivity index (χ1) is 6.24. The van der Waals surface area contributed by atoms with Gasteiger partial charge < -0.3 is 0 Å². The number of rotatable bonds is 5. The third kappa shape index (κ3) is 3.22. The first kappa shape index (κ1) is 10.3. The molecule has 13 heavy (non-hydrogen) atoms. The second kappa shape index (κ2) is 5.07. The molecule has 0 radical (unpaired) electrons. The van der Waals surface area contributed by atoms with Gasteiger partial charge in [0.1, 0.15) is 4.88 Å². The molecule has 0 aliphatic carbocycles. The van der Waals surface area contributed by atoms with Crippen LogP contribution in [0.1, 0.15) is 42.8 Å². The van der Waals surface area contributed by atoms with E-state index in [4.69, 9.17) is 0 Å². The Hall–Kier alpha value is -0.770. The fourth-order valence-electron chi connectivity index (χ4n) is 1.30. The minimum atomic E-state index is 0.177. The van der Waals surface area contributed by atoms with Crippen molar-refractivity contribution in [2.24, 2.45) is 5.92 Å². The van der Waals surface area contributed by atoms with Crippen molar-refractivity contribution < 1.29 is 4.79 Å². The quantitative estimate of drug-likeness (QED) is 0.683. The zero-order chi connectivity index (χ0) is 9.68. The van der Waals surface area contributed by atoms with E-state index in [0.717, 1.165) is 12.8 Å². The van der Waals surface area contributed by atoms with Crippen molar-refractivity contribution in [3.8, 4) is 0 Å². The molecule has 0 spiro atoms. The molecule has 0 N–H and O–H groups in total. The van der Waals surface area contributed by atoms with Gasteiger partial charge in [-0.3, -0.25) is 4.79 Å². The highest BCUT2D eigenvalue weighted by atomic mass is 32.1. The first-order valence-corrected chi connectivity index (χ1v) is 5.32. The molecule has 72 valence electrons. The zero-order valence-electron chi connectivity index (χ0n) is 7.99. The molecule has 0 aliphatic rings. The van der Waals surface area contributed by atoms with Gasteiger partial charge in [-0.25, -0.2) is 0 Å². The van der Waals surface area contributed by atoms with Crippen LogP contribution in [-0.4, -0.2) is 15.4 Å². The van der Waals surface area contributed by atoms with Gasteiger partial charge in [0, 0.05) is 6.42 Å². The first-order valence-electron chi connectivity index (χ1n) is 4.54.